The van der Waals surface area contributed by atoms with E-state index < -0.39 is 0 Å². The van der Waals surface area contributed by atoms with E-state index in [9.17, 15) is 0 Å². The summed E-state index contributed by atoms with van der Waals surface area (Å²) in [7, 11) is 0. The molecule has 0 bridgehead atoms. The van der Waals surface area contributed by atoms with Crippen molar-refractivity contribution in [1.29, 1.82) is 0 Å². The van der Waals surface area contributed by atoms with E-state index in [0.29, 0.717) is 12.1 Å². The van der Waals surface area contributed by atoms with Crippen molar-refractivity contribution in [3.63, 3.8) is 0 Å². The van der Waals surface area contributed by atoms with Gasteiger partial charge in [-0.2, -0.15) is 5.10 Å². The van der Waals surface area contributed by atoms with Gasteiger partial charge in [-0.25, -0.2) is 0 Å². The number of hydrogen-bond donors (Lipinski definition) is 1. The summed E-state index contributed by atoms with van der Waals surface area (Å²) >= 11 is 0. The zero-order valence-electron chi connectivity index (χ0n) is 13.7. The molecule has 0 saturated carbocycles. The Balaban J connectivity index is 1.64. The summed E-state index contributed by atoms with van der Waals surface area (Å²) in [5, 5.41) is 7.98. The van der Waals surface area contributed by atoms with Gasteiger partial charge in [0.05, 0.1) is 24.5 Å². The van der Waals surface area contributed by atoms with Crippen molar-refractivity contribution in [2.45, 2.75) is 83.9 Å². The molecule has 1 saturated heterocycles. The fourth-order valence-corrected chi connectivity index (χ4v) is 2.95. The van der Waals surface area contributed by atoms with E-state index in [4.69, 9.17) is 4.74 Å². The van der Waals surface area contributed by atoms with Gasteiger partial charge < -0.3 is 10.1 Å². The molecular formula is C17H31N3O. The van der Waals surface area contributed by atoms with Crippen LogP contribution in [0.4, 0.5) is 5.69 Å². The Labute approximate surface area is 129 Å². The molecule has 120 valence electrons. The lowest BCUT2D eigenvalue weighted by atomic mass is 10.1. The number of rotatable bonds is 10. The maximum Gasteiger partial charge on any atom is 0.0771 e. The fraction of sp³-hybridized carbons (Fsp3) is 0.824. The van der Waals surface area contributed by atoms with E-state index in [0.717, 1.165) is 25.3 Å². The molecule has 1 aromatic rings. The van der Waals surface area contributed by atoms with Gasteiger partial charge in [0.1, 0.15) is 0 Å². The molecule has 4 nitrogen and oxygen atoms in total. The minimum atomic E-state index is 0.355. The Kier molecular flexibility index (Phi) is 7.07. The van der Waals surface area contributed by atoms with Crippen LogP contribution >= 0.6 is 0 Å². The zero-order chi connectivity index (χ0) is 14.9. The van der Waals surface area contributed by atoms with Crippen molar-refractivity contribution in [2.24, 2.45) is 0 Å². The Morgan fingerprint density at radius 3 is 3.00 bits per heavy atom. The minimum absolute atomic E-state index is 0.355. The summed E-state index contributed by atoms with van der Waals surface area (Å²) in [4.78, 5) is 0. The lowest BCUT2D eigenvalue weighted by molar-refractivity contribution is 0.0940. The van der Waals surface area contributed by atoms with Crippen LogP contribution in [-0.2, 0) is 11.3 Å². The van der Waals surface area contributed by atoms with E-state index >= 15 is 0 Å². The first kappa shape index (κ1) is 16.3. The van der Waals surface area contributed by atoms with Crippen LogP contribution in [0.2, 0.25) is 0 Å². The maximum absolute atomic E-state index is 5.65. The van der Waals surface area contributed by atoms with Crippen LogP contribution in [0, 0.1) is 0 Å². The van der Waals surface area contributed by atoms with Crippen molar-refractivity contribution in [1.82, 2.24) is 9.78 Å². The smallest absolute Gasteiger partial charge is 0.0771 e. The molecule has 2 atom stereocenters. The number of aromatic nitrogens is 2. The molecule has 0 radical (unpaired) electrons. The highest BCUT2D eigenvalue weighted by atomic mass is 16.5. The molecule has 1 aromatic heterocycles. The minimum Gasteiger partial charge on any atom is -0.380 e. The molecule has 1 fully saturated rings. The van der Waals surface area contributed by atoms with Gasteiger partial charge in [-0.05, 0) is 26.2 Å². The summed E-state index contributed by atoms with van der Waals surface area (Å²) in [5.74, 6) is 0. The summed E-state index contributed by atoms with van der Waals surface area (Å²) in [6.07, 6.45) is 14.7. The topological polar surface area (TPSA) is 39.1 Å². The molecule has 2 unspecified atom stereocenters. The highest BCUT2D eigenvalue weighted by molar-refractivity contribution is 5.39. The lowest BCUT2D eigenvalue weighted by Gasteiger charge is -2.13. The number of nitrogens with zero attached hydrogens (tertiary/aromatic N) is 2. The molecule has 1 aliphatic heterocycles. The summed E-state index contributed by atoms with van der Waals surface area (Å²) < 4.78 is 7.66. The first-order valence-electron chi connectivity index (χ1n) is 8.68. The largest absolute Gasteiger partial charge is 0.380 e. The van der Waals surface area contributed by atoms with Gasteiger partial charge >= 0.3 is 0 Å². The number of nitrogens with one attached hydrogen (secondary N) is 1. The average Bonchev–Trinajstić information content (AvgIpc) is 3.11. The fourth-order valence-electron chi connectivity index (χ4n) is 2.95. The number of unbranched alkanes of at least 4 members (excludes halogenated alkanes) is 4. The van der Waals surface area contributed by atoms with Crippen molar-refractivity contribution < 1.29 is 4.74 Å². The van der Waals surface area contributed by atoms with Gasteiger partial charge in [-0.15, -0.1) is 0 Å². The van der Waals surface area contributed by atoms with E-state index in [2.05, 4.69) is 30.5 Å². The van der Waals surface area contributed by atoms with Crippen LogP contribution in [0.15, 0.2) is 12.4 Å². The predicted octanol–water partition coefficient (Wildman–Crippen LogP) is 4.22. The molecule has 21 heavy (non-hydrogen) atoms. The van der Waals surface area contributed by atoms with Crippen LogP contribution in [0.25, 0.3) is 0 Å². The molecule has 1 aliphatic rings. The molecule has 0 spiro atoms. The molecule has 2 rings (SSSR count). The van der Waals surface area contributed by atoms with E-state index in [1.54, 1.807) is 0 Å². The van der Waals surface area contributed by atoms with E-state index in [-0.39, 0.29) is 0 Å². The highest BCUT2D eigenvalue weighted by Gasteiger charge is 2.16. The Hall–Kier alpha value is -1.03. The monoisotopic (exact) mass is 293 g/mol. The van der Waals surface area contributed by atoms with Crippen LogP contribution in [0.3, 0.4) is 0 Å². The predicted molar refractivity (Wildman–Crippen MR) is 87.7 cm³/mol. The molecular weight excluding hydrogens is 262 g/mol. The van der Waals surface area contributed by atoms with Crippen LogP contribution in [-0.4, -0.2) is 28.5 Å². The molecule has 0 aromatic carbocycles. The number of hydrogen-bond acceptors (Lipinski definition) is 3. The second-order valence-electron chi connectivity index (χ2n) is 6.33. The molecule has 0 amide bonds. The number of anilines is 1. The van der Waals surface area contributed by atoms with Gasteiger partial charge in [0, 0.05) is 18.8 Å². The van der Waals surface area contributed by atoms with Gasteiger partial charge in [-0.3, -0.25) is 4.68 Å². The third-order valence-corrected chi connectivity index (χ3v) is 4.20. The quantitative estimate of drug-likeness (QED) is 0.656. The molecule has 1 N–H and O–H groups in total. The lowest BCUT2D eigenvalue weighted by Crippen LogP contribution is -2.16. The van der Waals surface area contributed by atoms with Crippen LogP contribution < -0.4 is 5.32 Å². The number of ether oxygens (including phenoxy) is 1. The Morgan fingerprint density at radius 2 is 2.24 bits per heavy atom. The third kappa shape index (κ3) is 6.08. The average molecular weight is 293 g/mol. The van der Waals surface area contributed by atoms with Crippen molar-refractivity contribution in [3.05, 3.63) is 12.4 Å². The summed E-state index contributed by atoms with van der Waals surface area (Å²) in [6.45, 7) is 6.31. The van der Waals surface area contributed by atoms with Crippen LogP contribution in [0.5, 0.6) is 0 Å². The van der Waals surface area contributed by atoms with Crippen LogP contribution in [0.1, 0.15) is 65.2 Å². The normalized spacial score (nSPS) is 19.8. The van der Waals surface area contributed by atoms with Gasteiger partial charge in [0.2, 0.25) is 0 Å². The molecule has 4 heteroatoms. The van der Waals surface area contributed by atoms with E-state index in [1.165, 1.54) is 44.9 Å². The second kappa shape index (κ2) is 9.08. The maximum atomic E-state index is 5.65. The summed E-state index contributed by atoms with van der Waals surface area (Å²) in [5.41, 5.74) is 1.13. The van der Waals surface area contributed by atoms with Gasteiger partial charge in [0.15, 0.2) is 0 Å². The molecule has 0 aliphatic carbocycles. The van der Waals surface area contributed by atoms with Crippen molar-refractivity contribution in [3.8, 4) is 0 Å². The first-order valence-corrected chi connectivity index (χ1v) is 8.68. The SMILES string of the molecule is CCCCCCCC(C)Nc1cnn(CC2CCCO2)c1. The van der Waals surface area contributed by atoms with E-state index in [1.807, 2.05) is 10.9 Å². The first-order chi connectivity index (χ1) is 10.3. The van der Waals surface area contributed by atoms with Gasteiger partial charge in [-0.1, -0.05) is 39.0 Å². The zero-order valence-corrected chi connectivity index (χ0v) is 13.7. The highest BCUT2D eigenvalue weighted by Crippen LogP contribution is 2.16. The third-order valence-electron chi connectivity index (χ3n) is 4.20. The van der Waals surface area contributed by atoms with Crippen molar-refractivity contribution in [2.75, 3.05) is 11.9 Å². The van der Waals surface area contributed by atoms with Gasteiger partial charge in [0.25, 0.3) is 0 Å². The second-order valence-corrected chi connectivity index (χ2v) is 6.33. The molecule has 2 heterocycles. The summed E-state index contributed by atoms with van der Waals surface area (Å²) in [6, 6.07) is 0.520. The Bertz CT molecular complexity index is 385. The Morgan fingerprint density at radius 1 is 1.38 bits per heavy atom. The van der Waals surface area contributed by atoms with Crippen molar-refractivity contribution >= 4 is 5.69 Å². The standard InChI is InChI=1S/C17H31N3O/c1-3-4-5-6-7-9-15(2)19-16-12-18-20(13-16)14-17-10-8-11-21-17/h12-13,15,17,19H,3-11,14H2,1-2H3.